The smallest absolute Gasteiger partial charge is 0.407 e. The van der Waals surface area contributed by atoms with Gasteiger partial charge in [-0.25, -0.2) is 9.59 Å². The van der Waals surface area contributed by atoms with Gasteiger partial charge in [-0.05, 0) is 55.2 Å². The summed E-state index contributed by atoms with van der Waals surface area (Å²) in [6.07, 6.45) is 4.07. The molecule has 2 aliphatic carbocycles. The fourth-order valence-electron chi connectivity index (χ4n) is 3.54. The van der Waals surface area contributed by atoms with Gasteiger partial charge in [0.15, 0.2) is 0 Å². The molecule has 4 rings (SSSR count). The van der Waals surface area contributed by atoms with Gasteiger partial charge in [0.25, 0.3) is 0 Å². The molecule has 188 valence electrons. The lowest BCUT2D eigenvalue weighted by atomic mass is 9.81. The molecule has 6 nitrogen and oxygen atoms in total. The third-order valence-electron chi connectivity index (χ3n) is 5.59. The maximum absolute atomic E-state index is 11.4. The Morgan fingerprint density at radius 3 is 1.69 bits per heavy atom. The summed E-state index contributed by atoms with van der Waals surface area (Å²) < 4.78 is 9.66. The van der Waals surface area contributed by atoms with Gasteiger partial charge in [-0.2, -0.15) is 0 Å². The molecule has 0 bridgehead atoms. The second-order valence-corrected chi connectivity index (χ2v) is 9.05. The minimum absolute atomic E-state index is 0.239. The zero-order valence-corrected chi connectivity index (χ0v) is 20.8. The minimum atomic E-state index is -0.770. The van der Waals surface area contributed by atoms with E-state index in [1.807, 2.05) is 60.7 Å². The highest BCUT2D eigenvalue weighted by Crippen LogP contribution is 2.30. The van der Waals surface area contributed by atoms with E-state index in [0.29, 0.717) is 19.1 Å². The summed E-state index contributed by atoms with van der Waals surface area (Å²) in [5.74, 6) is 1.32. The van der Waals surface area contributed by atoms with E-state index in [0.717, 1.165) is 36.4 Å². The molecular weight excluding hydrogens is 464 g/mol. The normalized spacial score (nSPS) is 14.7. The number of nitrogens with one attached hydrogen (secondary N) is 1. The van der Waals surface area contributed by atoms with Gasteiger partial charge in [-0.1, -0.05) is 85.0 Å². The van der Waals surface area contributed by atoms with Crippen LogP contribution >= 0.6 is 11.6 Å². The van der Waals surface area contributed by atoms with Gasteiger partial charge in [0, 0.05) is 18.1 Å². The first-order valence-electron chi connectivity index (χ1n) is 11.7. The number of hydrogen-bond donors (Lipinski definition) is 2. The Morgan fingerprint density at radius 1 is 0.829 bits per heavy atom. The molecule has 0 radical (unpaired) electrons. The Bertz CT molecular complexity index is 934. The summed E-state index contributed by atoms with van der Waals surface area (Å²) in [7, 11) is 0. The van der Waals surface area contributed by atoms with Crippen molar-refractivity contribution in [3.63, 3.8) is 0 Å². The lowest BCUT2D eigenvalue weighted by Gasteiger charge is -2.28. The van der Waals surface area contributed by atoms with E-state index >= 15 is 0 Å². The Kier molecular flexibility index (Phi) is 12.7. The molecule has 0 aromatic heterocycles. The molecule has 2 aromatic rings. The predicted octanol–water partition coefficient (Wildman–Crippen LogP) is 6.35. The number of amides is 1. The lowest BCUT2D eigenvalue weighted by molar-refractivity contribution is 0.137. The van der Waals surface area contributed by atoms with Crippen molar-refractivity contribution < 1.29 is 19.1 Å². The van der Waals surface area contributed by atoms with Crippen molar-refractivity contribution in [2.75, 3.05) is 13.1 Å². The van der Waals surface area contributed by atoms with Crippen LogP contribution in [0.15, 0.2) is 85.0 Å². The van der Waals surface area contributed by atoms with Gasteiger partial charge >= 0.3 is 11.5 Å². The molecule has 0 atom stereocenters. The van der Waals surface area contributed by atoms with Crippen LogP contribution in [0.1, 0.15) is 36.8 Å². The van der Waals surface area contributed by atoms with Crippen LogP contribution in [0, 0.1) is 11.8 Å². The number of hydrogen-bond acceptors (Lipinski definition) is 5. The highest BCUT2D eigenvalue weighted by Gasteiger charge is 2.21. The Hall–Kier alpha value is -3.09. The van der Waals surface area contributed by atoms with Gasteiger partial charge in [0.2, 0.25) is 0 Å². The fraction of sp³-hybridized carbons (Fsp3) is 0.357. The van der Waals surface area contributed by atoms with E-state index < -0.39 is 5.43 Å². The highest BCUT2D eigenvalue weighted by molar-refractivity contribution is 6.61. The van der Waals surface area contributed by atoms with E-state index in [9.17, 15) is 9.59 Å². The van der Waals surface area contributed by atoms with Gasteiger partial charge in [0.05, 0.1) is 0 Å². The fourth-order valence-corrected chi connectivity index (χ4v) is 3.60. The first-order chi connectivity index (χ1) is 16.9. The first-order valence-corrected chi connectivity index (χ1v) is 12.1. The van der Waals surface area contributed by atoms with Crippen molar-refractivity contribution in [3.8, 4) is 0 Å². The average molecular weight is 499 g/mol. The molecule has 1 amide bonds. The second kappa shape index (κ2) is 15.7. The van der Waals surface area contributed by atoms with Crippen LogP contribution < -0.4 is 11.1 Å². The number of ether oxygens (including phenoxy) is 2. The van der Waals surface area contributed by atoms with Crippen LogP contribution in [-0.4, -0.2) is 24.6 Å². The maximum Gasteiger partial charge on any atom is 0.407 e. The molecular formula is C28H35ClN2O4. The molecule has 0 unspecified atom stereocenters. The number of carbonyl (C=O) groups is 2. The van der Waals surface area contributed by atoms with E-state index in [1.54, 1.807) is 0 Å². The molecule has 2 aromatic carbocycles. The summed E-state index contributed by atoms with van der Waals surface area (Å²) in [4.78, 5) is 21.5. The number of nitrogens with two attached hydrogens (primary N) is 1. The third-order valence-corrected chi connectivity index (χ3v) is 5.69. The second-order valence-electron chi connectivity index (χ2n) is 8.74. The molecule has 2 saturated carbocycles. The largest absolute Gasteiger partial charge is 0.449 e. The summed E-state index contributed by atoms with van der Waals surface area (Å²) in [5, 5.41) is 2.77. The van der Waals surface area contributed by atoms with Gasteiger partial charge in [-0.15, -0.1) is 0 Å². The highest BCUT2D eigenvalue weighted by atomic mass is 35.5. The standard InChI is InChI=1S/C14H17NO2.C8H7ClO2.C6H11N/c1-11-7-13(8-11)9-15-14(16)17-10-12-5-3-2-4-6-12;9-8(10)11-6-7-4-2-1-3-5-7;1-5-2-6(3-5)4-7/h2-6,13H,1,7-10H2,(H,15,16);1-5H,6H2;6H,1-4,7H2. The molecule has 2 aliphatic rings. The van der Waals surface area contributed by atoms with Crippen molar-refractivity contribution in [1.29, 1.82) is 0 Å². The number of alkyl carbamates (subject to hydrolysis) is 1. The Morgan fingerprint density at radius 2 is 1.29 bits per heavy atom. The van der Waals surface area contributed by atoms with Gasteiger partial charge in [-0.3, -0.25) is 0 Å². The van der Waals surface area contributed by atoms with Gasteiger partial charge in [0.1, 0.15) is 13.2 Å². The van der Waals surface area contributed by atoms with E-state index in [4.69, 9.17) is 22.1 Å². The molecule has 35 heavy (non-hydrogen) atoms. The molecule has 7 heteroatoms. The summed E-state index contributed by atoms with van der Waals surface area (Å²) in [5.41, 5.74) is 9.16. The van der Waals surface area contributed by atoms with Crippen LogP contribution in [-0.2, 0) is 22.7 Å². The molecule has 0 saturated heterocycles. The number of carbonyl (C=O) groups excluding carboxylic acids is 2. The van der Waals surface area contributed by atoms with E-state index in [-0.39, 0.29) is 12.7 Å². The van der Waals surface area contributed by atoms with Crippen LogP contribution in [0.2, 0.25) is 0 Å². The van der Waals surface area contributed by atoms with Crippen LogP contribution in [0.3, 0.4) is 0 Å². The molecule has 0 heterocycles. The molecule has 2 fully saturated rings. The average Bonchev–Trinajstić information content (AvgIpc) is 2.83. The summed E-state index contributed by atoms with van der Waals surface area (Å²) in [6, 6.07) is 19.0. The SMILES string of the molecule is C=C1CC(CN)C1.C=C1CC(CNC(=O)OCc2ccccc2)C1.O=C(Cl)OCc1ccccc1. The number of rotatable bonds is 7. The number of allylic oxidation sites excluding steroid dienone is 2. The van der Waals surface area contributed by atoms with Crippen molar-refractivity contribution in [3.05, 3.63) is 96.1 Å². The Balaban J connectivity index is 0.000000205. The number of benzene rings is 2. The van der Waals surface area contributed by atoms with E-state index in [2.05, 4.69) is 23.2 Å². The zero-order valence-electron chi connectivity index (χ0n) is 20.1. The van der Waals surface area contributed by atoms with Crippen molar-refractivity contribution in [2.24, 2.45) is 17.6 Å². The minimum Gasteiger partial charge on any atom is -0.449 e. The Labute approximate surface area is 213 Å². The molecule has 0 spiro atoms. The van der Waals surface area contributed by atoms with Crippen molar-refractivity contribution in [2.45, 2.75) is 38.9 Å². The summed E-state index contributed by atoms with van der Waals surface area (Å²) >= 11 is 4.97. The van der Waals surface area contributed by atoms with Crippen LogP contribution in [0.4, 0.5) is 9.59 Å². The van der Waals surface area contributed by atoms with Crippen molar-refractivity contribution >= 4 is 23.1 Å². The zero-order chi connectivity index (χ0) is 25.5. The topological polar surface area (TPSA) is 90.6 Å². The maximum atomic E-state index is 11.4. The summed E-state index contributed by atoms with van der Waals surface area (Å²) in [6.45, 7) is 9.77. The van der Waals surface area contributed by atoms with Crippen LogP contribution in [0.25, 0.3) is 0 Å². The molecule has 0 aliphatic heterocycles. The predicted molar refractivity (Wildman–Crippen MR) is 140 cm³/mol. The monoisotopic (exact) mass is 498 g/mol. The van der Waals surface area contributed by atoms with Crippen molar-refractivity contribution in [1.82, 2.24) is 5.32 Å². The number of halogens is 1. The van der Waals surface area contributed by atoms with E-state index in [1.165, 1.54) is 24.0 Å². The third kappa shape index (κ3) is 12.3. The molecule has 3 N–H and O–H groups in total. The quantitative estimate of drug-likeness (QED) is 0.342. The lowest BCUT2D eigenvalue weighted by Crippen LogP contribution is -2.33. The van der Waals surface area contributed by atoms with Gasteiger partial charge < -0.3 is 20.5 Å². The first kappa shape index (κ1) is 28.1. The van der Waals surface area contributed by atoms with Crippen LogP contribution in [0.5, 0.6) is 0 Å².